The van der Waals surface area contributed by atoms with E-state index in [0.717, 1.165) is 28.8 Å². The smallest absolute Gasteiger partial charge is 0.223 e. The monoisotopic (exact) mass is 396 g/mol. The van der Waals surface area contributed by atoms with Crippen molar-refractivity contribution in [1.82, 2.24) is 9.97 Å². The second kappa shape index (κ2) is 9.04. The summed E-state index contributed by atoms with van der Waals surface area (Å²) in [5.41, 5.74) is 10.3. The van der Waals surface area contributed by atoms with E-state index in [2.05, 4.69) is 41.3 Å². The van der Waals surface area contributed by atoms with E-state index in [0.29, 0.717) is 23.4 Å². The zero-order valence-corrected chi connectivity index (χ0v) is 16.8. The first-order valence-electron chi connectivity index (χ1n) is 9.34. The largest absolute Gasteiger partial charge is 0.506 e. The van der Waals surface area contributed by atoms with E-state index in [1.165, 1.54) is 0 Å². The van der Waals surface area contributed by atoms with Crippen molar-refractivity contribution in [2.24, 2.45) is 11.7 Å². The Morgan fingerprint density at radius 3 is 2.71 bits per heavy atom. The normalized spacial score (nSPS) is 12.2. The van der Waals surface area contributed by atoms with Gasteiger partial charge in [0.2, 0.25) is 5.95 Å². The van der Waals surface area contributed by atoms with Gasteiger partial charge in [-0.05, 0) is 47.7 Å². The van der Waals surface area contributed by atoms with Crippen molar-refractivity contribution < 1.29 is 5.11 Å². The predicted molar refractivity (Wildman–Crippen MR) is 115 cm³/mol. The molecule has 0 aliphatic carbocycles. The number of aromatic nitrogens is 2. The highest BCUT2D eigenvalue weighted by atomic mass is 35.5. The summed E-state index contributed by atoms with van der Waals surface area (Å²) in [6.45, 7) is 4.89. The van der Waals surface area contributed by atoms with Gasteiger partial charge in [0.15, 0.2) is 0 Å². The first-order chi connectivity index (χ1) is 13.4. The number of benzene rings is 2. The maximum absolute atomic E-state index is 9.49. The fraction of sp³-hybridized carbons (Fsp3) is 0.273. The Balaban J connectivity index is 1.68. The molecule has 0 aliphatic heterocycles. The van der Waals surface area contributed by atoms with Gasteiger partial charge in [-0.3, -0.25) is 0 Å². The number of halogens is 1. The van der Waals surface area contributed by atoms with E-state index in [1.54, 1.807) is 18.3 Å². The van der Waals surface area contributed by atoms with Gasteiger partial charge < -0.3 is 16.2 Å². The van der Waals surface area contributed by atoms with Gasteiger partial charge in [-0.15, -0.1) is 0 Å². The standard InChI is InChI=1S/C22H25ClN4O/c1-14(2)21(24)17-5-3-4-16(13-17)19-9-11-26-22(27-19)25-10-8-15-6-7-20(28)18(23)12-15/h3-7,9,11-14,21,28H,8,10,24H2,1-2H3,(H,25,26,27). The molecular formula is C22H25ClN4O. The Morgan fingerprint density at radius 1 is 1.14 bits per heavy atom. The zero-order chi connectivity index (χ0) is 20.1. The van der Waals surface area contributed by atoms with Crippen LogP contribution in [0, 0.1) is 5.92 Å². The van der Waals surface area contributed by atoms with Gasteiger partial charge in [0.05, 0.1) is 10.7 Å². The summed E-state index contributed by atoms with van der Waals surface area (Å²) >= 11 is 5.95. The highest BCUT2D eigenvalue weighted by Gasteiger charge is 2.12. The third-order valence-corrected chi connectivity index (χ3v) is 4.95. The van der Waals surface area contributed by atoms with Gasteiger partial charge in [0.1, 0.15) is 5.75 Å². The van der Waals surface area contributed by atoms with Gasteiger partial charge in [0, 0.05) is 24.3 Å². The van der Waals surface area contributed by atoms with Crippen LogP contribution in [0.2, 0.25) is 5.02 Å². The summed E-state index contributed by atoms with van der Waals surface area (Å²) in [5, 5.41) is 13.1. The number of rotatable bonds is 7. The van der Waals surface area contributed by atoms with E-state index in [4.69, 9.17) is 17.3 Å². The van der Waals surface area contributed by atoms with Crippen molar-refractivity contribution in [1.29, 1.82) is 0 Å². The van der Waals surface area contributed by atoms with Crippen LogP contribution in [0.5, 0.6) is 5.75 Å². The molecule has 1 atom stereocenters. The molecule has 146 valence electrons. The molecule has 28 heavy (non-hydrogen) atoms. The number of hydrogen-bond acceptors (Lipinski definition) is 5. The molecule has 0 saturated heterocycles. The van der Waals surface area contributed by atoms with Gasteiger partial charge in [-0.25, -0.2) is 9.97 Å². The molecule has 0 bridgehead atoms. The SMILES string of the molecule is CC(C)C(N)c1cccc(-c2ccnc(NCCc3ccc(O)c(Cl)c3)n2)c1. The van der Waals surface area contributed by atoms with E-state index in [1.807, 2.05) is 24.3 Å². The number of nitrogens with zero attached hydrogens (tertiary/aromatic N) is 2. The Hall–Kier alpha value is -2.63. The van der Waals surface area contributed by atoms with Crippen LogP contribution in [0.15, 0.2) is 54.7 Å². The van der Waals surface area contributed by atoms with E-state index < -0.39 is 0 Å². The molecule has 1 heterocycles. The summed E-state index contributed by atoms with van der Waals surface area (Å²) in [6.07, 6.45) is 2.49. The summed E-state index contributed by atoms with van der Waals surface area (Å²) < 4.78 is 0. The number of aromatic hydroxyl groups is 1. The number of phenols is 1. The lowest BCUT2D eigenvalue weighted by Gasteiger charge is -2.17. The molecule has 0 fully saturated rings. The lowest BCUT2D eigenvalue weighted by Crippen LogP contribution is -2.16. The number of anilines is 1. The van der Waals surface area contributed by atoms with Crippen molar-refractivity contribution in [3.8, 4) is 17.0 Å². The van der Waals surface area contributed by atoms with Gasteiger partial charge >= 0.3 is 0 Å². The predicted octanol–water partition coefficient (Wildman–Crippen LogP) is 4.81. The number of phenolic OH excluding ortho intramolecular Hbond substituents is 1. The maximum Gasteiger partial charge on any atom is 0.223 e. The van der Waals surface area contributed by atoms with Crippen LogP contribution in [0.25, 0.3) is 11.3 Å². The van der Waals surface area contributed by atoms with Crippen LogP contribution in [0.4, 0.5) is 5.95 Å². The number of hydrogen-bond donors (Lipinski definition) is 3. The molecular weight excluding hydrogens is 372 g/mol. The van der Waals surface area contributed by atoms with Crippen molar-refractivity contribution >= 4 is 17.5 Å². The maximum atomic E-state index is 9.49. The lowest BCUT2D eigenvalue weighted by atomic mass is 9.95. The molecule has 5 nitrogen and oxygen atoms in total. The summed E-state index contributed by atoms with van der Waals surface area (Å²) in [4.78, 5) is 8.92. The second-order valence-electron chi connectivity index (χ2n) is 7.12. The Kier molecular flexibility index (Phi) is 6.49. The van der Waals surface area contributed by atoms with Crippen molar-refractivity contribution in [2.45, 2.75) is 26.3 Å². The Bertz CT molecular complexity index is 945. The van der Waals surface area contributed by atoms with E-state index in [9.17, 15) is 5.11 Å². The Morgan fingerprint density at radius 2 is 1.96 bits per heavy atom. The van der Waals surface area contributed by atoms with Gasteiger partial charge in [-0.2, -0.15) is 0 Å². The second-order valence-corrected chi connectivity index (χ2v) is 7.53. The summed E-state index contributed by atoms with van der Waals surface area (Å²) in [7, 11) is 0. The number of nitrogens with one attached hydrogen (secondary N) is 1. The molecule has 1 aromatic heterocycles. The molecule has 4 N–H and O–H groups in total. The zero-order valence-electron chi connectivity index (χ0n) is 16.1. The van der Waals surface area contributed by atoms with Crippen LogP contribution >= 0.6 is 11.6 Å². The third-order valence-electron chi connectivity index (χ3n) is 4.65. The molecule has 6 heteroatoms. The minimum absolute atomic E-state index is 0.00323. The fourth-order valence-electron chi connectivity index (χ4n) is 2.92. The number of nitrogens with two attached hydrogens (primary N) is 1. The molecule has 0 spiro atoms. The molecule has 1 unspecified atom stereocenters. The molecule has 0 amide bonds. The summed E-state index contributed by atoms with van der Waals surface area (Å²) in [6, 6.07) is 15.3. The van der Waals surface area contributed by atoms with Gasteiger partial charge in [0.25, 0.3) is 0 Å². The molecule has 0 aliphatic rings. The Labute approximate surface area is 170 Å². The first kappa shape index (κ1) is 20.1. The van der Waals surface area contributed by atoms with Crippen LogP contribution in [-0.2, 0) is 6.42 Å². The molecule has 2 aromatic carbocycles. The lowest BCUT2D eigenvalue weighted by molar-refractivity contribution is 0.475. The highest BCUT2D eigenvalue weighted by molar-refractivity contribution is 6.32. The topological polar surface area (TPSA) is 84.1 Å². The molecule has 0 radical (unpaired) electrons. The van der Waals surface area contributed by atoms with Crippen LogP contribution < -0.4 is 11.1 Å². The minimum Gasteiger partial charge on any atom is -0.506 e. The van der Waals surface area contributed by atoms with Crippen molar-refractivity contribution in [3.63, 3.8) is 0 Å². The molecule has 0 saturated carbocycles. The minimum atomic E-state index is -0.00323. The first-order valence-corrected chi connectivity index (χ1v) is 9.72. The van der Waals surface area contributed by atoms with E-state index >= 15 is 0 Å². The van der Waals surface area contributed by atoms with Gasteiger partial charge in [-0.1, -0.05) is 49.7 Å². The van der Waals surface area contributed by atoms with E-state index in [-0.39, 0.29) is 11.8 Å². The molecule has 3 rings (SSSR count). The van der Waals surface area contributed by atoms with Crippen LogP contribution in [0.1, 0.15) is 31.0 Å². The third kappa shape index (κ3) is 5.00. The van der Waals surface area contributed by atoms with Crippen molar-refractivity contribution in [2.75, 3.05) is 11.9 Å². The van der Waals surface area contributed by atoms with Crippen molar-refractivity contribution in [3.05, 3.63) is 70.9 Å². The average Bonchev–Trinajstić information content (AvgIpc) is 2.70. The molecule has 3 aromatic rings. The highest BCUT2D eigenvalue weighted by Crippen LogP contribution is 2.25. The summed E-state index contributed by atoms with van der Waals surface area (Å²) in [5.74, 6) is 1.03. The van der Waals surface area contributed by atoms with Crippen LogP contribution in [-0.4, -0.2) is 21.6 Å². The quantitative estimate of drug-likeness (QED) is 0.533. The fourth-order valence-corrected chi connectivity index (χ4v) is 3.12. The average molecular weight is 397 g/mol. The van der Waals surface area contributed by atoms with Crippen LogP contribution in [0.3, 0.4) is 0 Å².